The Labute approximate surface area is 172 Å². The van der Waals surface area contributed by atoms with Gasteiger partial charge in [0.2, 0.25) is 5.88 Å². The van der Waals surface area contributed by atoms with Gasteiger partial charge in [-0.3, -0.25) is 0 Å². The smallest absolute Gasteiger partial charge is 0.323 e. The van der Waals surface area contributed by atoms with E-state index in [4.69, 9.17) is 21.1 Å². The lowest BCUT2D eigenvalue weighted by molar-refractivity contribution is 0.262. The molecule has 29 heavy (non-hydrogen) atoms. The molecule has 2 aromatic heterocycles. The highest BCUT2D eigenvalue weighted by molar-refractivity contribution is 6.32. The summed E-state index contributed by atoms with van der Waals surface area (Å²) < 4.78 is 11.6. The van der Waals surface area contributed by atoms with Crippen LogP contribution in [0.3, 0.4) is 0 Å². The van der Waals surface area contributed by atoms with Crippen LogP contribution in [0.25, 0.3) is 0 Å². The van der Waals surface area contributed by atoms with Crippen LogP contribution in [0.5, 0.6) is 17.4 Å². The number of ether oxygens (including phenoxy) is 2. The third-order valence-electron chi connectivity index (χ3n) is 4.24. The molecule has 0 bridgehead atoms. The first-order valence-electron chi connectivity index (χ1n) is 9.04. The number of nitrogens with one attached hydrogen (secondary N) is 2. The summed E-state index contributed by atoms with van der Waals surface area (Å²) in [5.41, 5.74) is 1.86. The van der Waals surface area contributed by atoms with Gasteiger partial charge in [0.1, 0.15) is 17.3 Å². The Hall–Kier alpha value is -3.39. The average molecular weight is 412 g/mol. The fraction of sp³-hybridized carbons (Fsp3) is 0.200. The van der Waals surface area contributed by atoms with Gasteiger partial charge < -0.3 is 20.1 Å². The Bertz CT molecular complexity index is 1040. The van der Waals surface area contributed by atoms with Crippen molar-refractivity contribution in [2.75, 3.05) is 17.2 Å². The average Bonchev–Trinajstić information content (AvgIpc) is 2.72. The predicted molar refractivity (Wildman–Crippen MR) is 109 cm³/mol. The van der Waals surface area contributed by atoms with Gasteiger partial charge in [-0.25, -0.2) is 19.7 Å². The van der Waals surface area contributed by atoms with E-state index in [2.05, 4.69) is 25.6 Å². The van der Waals surface area contributed by atoms with Crippen LogP contribution in [0.1, 0.15) is 17.8 Å². The van der Waals surface area contributed by atoms with Crippen LogP contribution in [0.4, 0.5) is 16.2 Å². The number of aromatic nitrogens is 3. The highest BCUT2D eigenvalue weighted by atomic mass is 35.5. The fourth-order valence-corrected chi connectivity index (χ4v) is 3.11. The van der Waals surface area contributed by atoms with Crippen LogP contribution in [-0.2, 0) is 6.42 Å². The molecule has 0 fully saturated rings. The van der Waals surface area contributed by atoms with E-state index in [1.54, 1.807) is 19.1 Å². The molecule has 1 aliphatic heterocycles. The summed E-state index contributed by atoms with van der Waals surface area (Å²) in [6.45, 7) is 2.43. The number of aryl methyl sites for hydroxylation is 1. The number of rotatable bonds is 4. The number of benzene rings is 1. The predicted octanol–water partition coefficient (Wildman–Crippen LogP) is 4.59. The molecule has 2 amide bonds. The SMILES string of the molecule is Cc1ncc(NC(=O)Nc2ccc(Oc3cccc4c3CCCO4)nc2)c(Cl)n1. The molecule has 0 unspecified atom stereocenters. The third-order valence-corrected chi connectivity index (χ3v) is 4.53. The third kappa shape index (κ3) is 4.55. The molecule has 8 nitrogen and oxygen atoms in total. The van der Waals surface area contributed by atoms with E-state index in [-0.39, 0.29) is 5.15 Å². The monoisotopic (exact) mass is 411 g/mol. The van der Waals surface area contributed by atoms with Crippen molar-refractivity contribution < 1.29 is 14.3 Å². The van der Waals surface area contributed by atoms with Gasteiger partial charge in [0, 0.05) is 11.6 Å². The van der Waals surface area contributed by atoms with Crippen LogP contribution in [0.15, 0.2) is 42.7 Å². The number of nitrogens with zero attached hydrogens (tertiary/aromatic N) is 3. The first-order chi connectivity index (χ1) is 14.1. The van der Waals surface area contributed by atoms with Crippen LogP contribution in [0, 0.1) is 6.92 Å². The number of urea groups is 1. The van der Waals surface area contributed by atoms with E-state index >= 15 is 0 Å². The second-order valence-corrected chi connectivity index (χ2v) is 6.73. The molecule has 0 atom stereocenters. The molecule has 0 saturated carbocycles. The molecule has 9 heteroatoms. The van der Waals surface area contributed by atoms with Crippen molar-refractivity contribution in [3.8, 4) is 17.4 Å². The summed E-state index contributed by atoms with van der Waals surface area (Å²) in [7, 11) is 0. The zero-order chi connectivity index (χ0) is 20.2. The van der Waals surface area contributed by atoms with Crippen LogP contribution in [0.2, 0.25) is 5.15 Å². The molecule has 148 valence electrons. The number of carbonyl (C=O) groups excluding carboxylic acids is 1. The number of fused-ring (bicyclic) bond motifs is 1. The minimum Gasteiger partial charge on any atom is -0.493 e. The normalized spacial score (nSPS) is 12.5. The Morgan fingerprint density at radius 3 is 2.86 bits per heavy atom. The van der Waals surface area contributed by atoms with Crippen molar-refractivity contribution in [2.45, 2.75) is 19.8 Å². The Morgan fingerprint density at radius 2 is 2.07 bits per heavy atom. The Kier molecular flexibility index (Phi) is 5.44. The van der Waals surface area contributed by atoms with Gasteiger partial charge in [-0.1, -0.05) is 17.7 Å². The maximum atomic E-state index is 12.1. The fourth-order valence-electron chi connectivity index (χ4n) is 2.89. The number of amides is 2. The lowest BCUT2D eigenvalue weighted by atomic mass is 10.1. The quantitative estimate of drug-likeness (QED) is 0.609. The van der Waals surface area contributed by atoms with E-state index in [9.17, 15) is 4.79 Å². The minimum absolute atomic E-state index is 0.171. The highest BCUT2D eigenvalue weighted by Crippen LogP contribution is 2.34. The van der Waals surface area contributed by atoms with E-state index in [0.717, 1.165) is 36.5 Å². The molecular weight excluding hydrogens is 394 g/mol. The molecule has 4 rings (SSSR count). The molecule has 2 N–H and O–H groups in total. The van der Waals surface area contributed by atoms with Gasteiger partial charge in [0.15, 0.2) is 5.15 Å². The first-order valence-corrected chi connectivity index (χ1v) is 9.42. The van der Waals surface area contributed by atoms with Crippen LogP contribution in [-0.4, -0.2) is 27.6 Å². The standard InChI is InChI=1S/C20H18ClN5O3/c1-12-22-11-15(19(21)24-12)26-20(27)25-13-7-8-18(23-10-13)29-17-6-2-5-16-14(17)4-3-9-28-16/h2,5-8,10-11H,3-4,9H2,1H3,(H2,25,26,27). The first kappa shape index (κ1) is 18.9. The topological polar surface area (TPSA) is 98.3 Å². The van der Waals surface area contributed by atoms with Crippen LogP contribution < -0.4 is 20.1 Å². The number of hydrogen-bond donors (Lipinski definition) is 2. The van der Waals surface area contributed by atoms with E-state index in [1.165, 1.54) is 12.4 Å². The summed E-state index contributed by atoms with van der Waals surface area (Å²) >= 11 is 5.99. The molecule has 1 aliphatic rings. The van der Waals surface area contributed by atoms with Crippen molar-refractivity contribution in [3.05, 3.63) is 59.3 Å². The molecule has 0 saturated heterocycles. The second kappa shape index (κ2) is 8.32. The molecule has 0 radical (unpaired) electrons. The zero-order valence-electron chi connectivity index (χ0n) is 15.6. The Morgan fingerprint density at radius 1 is 1.17 bits per heavy atom. The largest absolute Gasteiger partial charge is 0.493 e. The van der Waals surface area contributed by atoms with E-state index in [1.807, 2.05) is 18.2 Å². The summed E-state index contributed by atoms with van der Waals surface area (Å²) in [5.74, 6) is 2.52. The molecule has 3 aromatic rings. The summed E-state index contributed by atoms with van der Waals surface area (Å²) in [6.07, 6.45) is 4.81. The van der Waals surface area contributed by atoms with Gasteiger partial charge in [-0.15, -0.1) is 0 Å². The van der Waals surface area contributed by atoms with Crippen molar-refractivity contribution >= 4 is 29.0 Å². The second-order valence-electron chi connectivity index (χ2n) is 6.37. The molecule has 1 aromatic carbocycles. The number of carbonyl (C=O) groups is 1. The molecule has 3 heterocycles. The maximum Gasteiger partial charge on any atom is 0.323 e. The van der Waals surface area contributed by atoms with Gasteiger partial charge in [0.05, 0.1) is 30.4 Å². The van der Waals surface area contributed by atoms with E-state index < -0.39 is 6.03 Å². The Balaban J connectivity index is 1.40. The lowest BCUT2D eigenvalue weighted by Crippen LogP contribution is -2.20. The van der Waals surface area contributed by atoms with Gasteiger partial charge in [0.25, 0.3) is 0 Å². The number of pyridine rings is 1. The molecular formula is C20H18ClN5O3. The van der Waals surface area contributed by atoms with Gasteiger partial charge in [-0.2, -0.15) is 0 Å². The van der Waals surface area contributed by atoms with Crippen molar-refractivity contribution in [1.29, 1.82) is 0 Å². The van der Waals surface area contributed by atoms with Crippen molar-refractivity contribution in [3.63, 3.8) is 0 Å². The maximum absolute atomic E-state index is 12.1. The molecule has 0 aliphatic carbocycles. The summed E-state index contributed by atoms with van der Waals surface area (Å²) in [6, 6.07) is 8.61. The minimum atomic E-state index is -0.482. The number of halogens is 1. The number of anilines is 2. The van der Waals surface area contributed by atoms with E-state index in [0.29, 0.717) is 23.1 Å². The summed E-state index contributed by atoms with van der Waals surface area (Å²) in [4.78, 5) is 24.4. The molecule has 0 spiro atoms. The van der Waals surface area contributed by atoms with Crippen LogP contribution >= 0.6 is 11.6 Å². The van der Waals surface area contributed by atoms with Crippen molar-refractivity contribution in [1.82, 2.24) is 15.0 Å². The summed E-state index contributed by atoms with van der Waals surface area (Å²) in [5, 5.41) is 5.44. The number of hydrogen-bond acceptors (Lipinski definition) is 6. The van der Waals surface area contributed by atoms with Gasteiger partial charge >= 0.3 is 6.03 Å². The van der Waals surface area contributed by atoms with Gasteiger partial charge in [-0.05, 0) is 38.0 Å². The zero-order valence-corrected chi connectivity index (χ0v) is 16.4. The highest BCUT2D eigenvalue weighted by Gasteiger charge is 2.16. The van der Waals surface area contributed by atoms with Crippen molar-refractivity contribution in [2.24, 2.45) is 0 Å². The lowest BCUT2D eigenvalue weighted by Gasteiger charge is -2.19.